The molecule has 2 fully saturated rings. The number of carbonyl (C=O) groups is 2. The van der Waals surface area contributed by atoms with Crippen molar-refractivity contribution >= 4 is 40.7 Å². The first kappa shape index (κ1) is 26.9. The van der Waals surface area contributed by atoms with E-state index >= 15 is 0 Å². The molecule has 2 saturated heterocycles. The van der Waals surface area contributed by atoms with E-state index in [-0.39, 0.29) is 23.7 Å². The van der Waals surface area contributed by atoms with Crippen LogP contribution in [0.1, 0.15) is 12.5 Å². The van der Waals surface area contributed by atoms with E-state index in [1.165, 1.54) is 6.07 Å². The third-order valence-electron chi connectivity index (χ3n) is 7.82. The Morgan fingerprint density at radius 2 is 1.77 bits per heavy atom. The van der Waals surface area contributed by atoms with Crippen molar-refractivity contribution in [1.29, 1.82) is 0 Å². The number of piperazine rings is 2. The number of hydrogen-bond donors (Lipinski definition) is 0. The van der Waals surface area contributed by atoms with Crippen LogP contribution in [0.3, 0.4) is 0 Å². The average Bonchev–Trinajstić information content (AvgIpc) is 2.95. The van der Waals surface area contributed by atoms with Crippen LogP contribution in [0.5, 0.6) is 5.75 Å². The summed E-state index contributed by atoms with van der Waals surface area (Å²) in [7, 11) is 1.62. The highest BCUT2D eigenvalue weighted by Gasteiger charge is 2.44. The Labute approximate surface area is 231 Å². The molecule has 0 radical (unpaired) electrons. The SMILES string of the molecule is CCOC(=O)N1CCN(C(=O)[C@H]2Cc3cc([N+](=O)[O-])ccc3N3CCN(c4cc(Cl)ccc4OC)C[C@@H]23)CC1. The minimum Gasteiger partial charge on any atom is -0.495 e. The van der Waals surface area contributed by atoms with Crippen molar-refractivity contribution < 1.29 is 24.0 Å². The zero-order valence-corrected chi connectivity index (χ0v) is 22.8. The number of nitrogens with zero attached hydrogens (tertiary/aromatic N) is 5. The molecule has 2 aromatic rings. The number of rotatable bonds is 5. The highest BCUT2D eigenvalue weighted by Crippen LogP contribution is 2.41. The lowest BCUT2D eigenvalue weighted by Crippen LogP contribution is -2.62. The maximum atomic E-state index is 14.0. The van der Waals surface area contributed by atoms with Gasteiger partial charge in [0.15, 0.2) is 0 Å². The van der Waals surface area contributed by atoms with E-state index in [0.29, 0.717) is 69.6 Å². The first-order chi connectivity index (χ1) is 18.8. The van der Waals surface area contributed by atoms with Crippen LogP contribution < -0.4 is 14.5 Å². The van der Waals surface area contributed by atoms with E-state index in [9.17, 15) is 19.7 Å². The van der Waals surface area contributed by atoms with Crippen LogP contribution >= 0.6 is 11.6 Å². The summed E-state index contributed by atoms with van der Waals surface area (Å²) in [5.41, 5.74) is 2.62. The second-order valence-electron chi connectivity index (χ2n) is 9.91. The number of amides is 2. The van der Waals surface area contributed by atoms with Crippen molar-refractivity contribution in [2.75, 3.05) is 69.3 Å². The number of hydrogen-bond acceptors (Lipinski definition) is 8. The maximum Gasteiger partial charge on any atom is 0.409 e. The van der Waals surface area contributed by atoms with Gasteiger partial charge in [-0.3, -0.25) is 14.9 Å². The molecule has 0 bridgehead atoms. The Kier molecular flexibility index (Phi) is 7.69. The van der Waals surface area contributed by atoms with E-state index in [1.807, 2.05) is 12.1 Å². The topological polar surface area (TPSA) is 109 Å². The second kappa shape index (κ2) is 11.2. The lowest BCUT2D eigenvalue weighted by Gasteiger charge is -2.50. The smallest absolute Gasteiger partial charge is 0.409 e. The number of carbonyl (C=O) groups excluding carboxylic acids is 2. The fraction of sp³-hybridized carbons (Fsp3) is 0.481. The lowest BCUT2D eigenvalue weighted by molar-refractivity contribution is -0.384. The van der Waals surface area contributed by atoms with Crippen LogP contribution in [-0.4, -0.2) is 92.3 Å². The van der Waals surface area contributed by atoms with Gasteiger partial charge in [-0.2, -0.15) is 0 Å². The van der Waals surface area contributed by atoms with Crippen molar-refractivity contribution in [3.63, 3.8) is 0 Å². The summed E-state index contributed by atoms with van der Waals surface area (Å²) in [5, 5.41) is 12.1. The molecular formula is C27H32ClN5O6. The van der Waals surface area contributed by atoms with E-state index in [0.717, 1.165) is 16.9 Å². The summed E-state index contributed by atoms with van der Waals surface area (Å²) in [6.07, 6.45) is 0.0309. The molecule has 12 heteroatoms. The standard InChI is InChI=1S/C27H32ClN5O6/c1-3-39-27(35)30-10-8-29(9-11-30)26(34)21-15-18-14-20(33(36)37)5-6-22(18)32-13-12-31(17-24(21)32)23-16-19(28)4-7-25(23)38-2/h4-7,14,16,21,24H,3,8-13,15,17H2,1-2H3/t21-,24-/m0/s1. The van der Waals surface area contributed by atoms with Gasteiger partial charge in [0.2, 0.25) is 5.91 Å². The molecule has 3 aliphatic heterocycles. The van der Waals surface area contributed by atoms with Gasteiger partial charge in [0.05, 0.1) is 36.3 Å². The number of halogens is 1. The zero-order chi connectivity index (χ0) is 27.7. The molecule has 5 rings (SSSR count). The molecule has 3 aliphatic rings. The largest absolute Gasteiger partial charge is 0.495 e. The Morgan fingerprint density at radius 1 is 1.03 bits per heavy atom. The van der Waals surface area contributed by atoms with Gasteiger partial charge in [-0.05, 0) is 43.2 Å². The maximum absolute atomic E-state index is 14.0. The van der Waals surface area contributed by atoms with Gasteiger partial charge in [-0.15, -0.1) is 0 Å². The van der Waals surface area contributed by atoms with Gasteiger partial charge in [-0.1, -0.05) is 11.6 Å². The van der Waals surface area contributed by atoms with Gasteiger partial charge in [0.1, 0.15) is 5.75 Å². The molecule has 0 saturated carbocycles. The molecule has 3 heterocycles. The highest BCUT2D eigenvalue weighted by atomic mass is 35.5. The quantitative estimate of drug-likeness (QED) is 0.406. The number of nitro benzene ring substituents is 1. The van der Waals surface area contributed by atoms with Crippen molar-refractivity contribution in [3.05, 3.63) is 57.1 Å². The number of benzene rings is 2. The number of fused-ring (bicyclic) bond motifs is 3. The van der Waals surface area contributed by atoms with Gasteiger partial charge >= 0.3 is 6.09 Å². The Balaban J connectivity index is 1.43. The van der Waals surface area contributed by atoms with Crippen molar-refractivity contribution in [1.82, 2.24) is 9.80 Å². The lowest BCUT2D eigenvalue weighted by atomic mass is 9.82. The van der Waals surface area contributed by atoms with Gasteiger partial charge < -0.3 is 29.1 Å². The fourth-order valence-electron chi connectivity index (χ4n) is 5.90. The summed E-state index contributed by atoms with van der Waals surface area (Å²) >= 11 is 6.33. The Bertz CT molecular complexity index is 1270. The summed E-state index contributed by atoms with van der Waals surface area (Å²) in [6, 6.07) is 10.3. The molecule has 0 aliphatic carbocycles. The molecule has 2 aromatic carbocycles. The van der Waals surface area contributed by atoms with E-state index in [1.54, 1.807) is 42.0 Å². The molecule has 0 aromatic heterocycles. The third kappa shape index (κ3) is 5.27. The van der Waals surface area contributed by atoms with Crippen LogP contribution in [0.4, 0.5) is 21.9 Å². The zero-order valence-electron chi connectivity index (χ0n) is 22.0. The number of methoxy groups -OCH3 is 1. The summed E-state index contributed by atoms with van der Waals surface area (Å²) in [5.74, 6) is 0.282. The van der Waals surface area contributed by atoms with Crippen LogP contribution in [0.15, 0.2) is 36.4 Å². The molecule has 2 amide bonds. The molecule has 0 spiro atoms. The summed E-state index contributed by atoms with van der Waals surface area (Å²) in [6.45, 7) is 5.56. The molecule has 0 N–H and O–H groups in total. The van der Waals surface area contributed by atoms with Crippen LogP contribution in [-0.2, 0) is 16.0 Å². The predicted octanol–water partition coefficient (Wildman–Crippen LogP) is 3.43. The Hall–Kier alpha value is -3.73. The van der Waals surface area contributed by atoms with Gasteiger partial charge in [0.25, 0.3) is 5.69 Å². The summed E-state index contributed by atoms with van der Waals surface area (Å²) < 4.78 is 10.7. The molecule has 11 nitrogen and oxygen atoms in total. The van der Waals surface area contributed by atoms with E-state index in [4.69, 9.17) is 21.1 Å². The average molecular weight is 558 g/mol. The van der Waals surface area contributed by atoms with Crippen LogP contribution in [0.25, 0.3) is 0 Å². The minimum atomic E-state index is -0.415. The molecule has 208 valence electrons. The third-order valence-corrected chi connectivity index (χ3v) is 8.06. The first-order valence-electron chi connectivity index (χ1n) is 13.1. The van der Waals surface area contributed by atoms with Gasteiger partial charge in [0, 0.05) is 68.7 Å². The number of non-ortho nitro benzene ring substituents is 1. The Morgan fingerprint density at radius 3 is 2.46 bits per heavy atom. The highest BCUT2D eigenvalue weighted by molar-refractivity contribution is 6.31. The van der Waals surface area contributed by atoms with Crippen molar-refractivity contribution in [2.24, 2.45) is 5.92 Å². The molecule has 39 heavy (non-hydrogen) atoms. The number of nitro groups is 1. The number of ether oxygens (including phenoxy) is 2. The van der Waals surface area contributed by atoms with Gasteiger partial charge in [-0.25, -0.2) is 4.79 Å². The van der Waals surface area contributed by atoms with Crippen molar-refractivity contribution in [3.8, 4) is 5.75 Å². The fourth-order valence-corrected chi connectivity index (χ4v) is 6.06. The molecular weight excluding hydrogens is 526 g/mol. The van der Waals surface area contributed by atoms with E-state index < -0.39 is 10.8 Å². The first-order valence-corrected chi connectivity index (χ1v) is 13.5. The normalized spacial score (nSPS) is 20.7. The van der Waals surface area contributed by atoms with Crippen molar-refractivity contribution in [2.45, 2.75) is 19.4 Å². The predicted molar refractivity (Wildman–Crippen MR) is 147 cm³/mol. The van der Waals surface area contributed by atoms with Crippen LogP contribution in [0.2, 0.25) is 5.02 Å². The second-order valence-corrected chi connectivity index (χ2v) is 10.4. The molecule has 0 unspecified atom stereocenters. The van der Waals surface area contributed by atoms with Crippen LogP contribution in [0, 0.1) is 16.0 Å². The number of anilines is 2. The van der Waals surface area contributed by atoms with E-state index in [2.05, 4.69) is 9.80 Å². The minimum absolute atomic E-state index is 0.00873. The molecule has 2 atom stereocenters. The monoisotopic (exact) mass is 557 g/mol. The summed E-state index contributed by atoms with van der Waals surface area (Å²) in [4.78, 5) is 45.1.